The molecule has 0 heterocycles. The highest BCUT2D eigenvalue weighted by atomic mass is 19.1. The second-order valence-corrected chi connectivity index (χ2v) is 6.10. The first kappa shape index (κ1) is 17.1. The fourth-order valence-electron chi connectivity index (χ4n) is 2.36. The molecule has 25 heavy (non-hydrogen) atoms. The number of hydrogen-bond donors (Lipinski definition) is 3. The van der Waals surface area contributed by atoms with Crippen LogP contribution in [0.25, 0.3) is 0 Å². The van der Waals surface area contributed by atoms with E-state index in [0.717, 1.165) is 12.8 Å². The predicted molar refractivity (Wildman–Crippen MR) is 90.6 cm³/mol. The van der Waals surface area contributed by atoms with Gasteiger partial charge < -0.3 is 15.7 Å². The highest BCUT2D eigenvalue weighted by molar-refractivity contribution is 5.98. The lowest BCUT2D eigenvalue weighted by atomic mass is 10.1. The van der Waals surface area contributed by atoms with Gasteiger partial charge in [0.1, 0.15) is 5.82 Å². The highest BCUT2D eigenvalue weighted by Crippen LogP contribution is 2.19. The van der Waals surface area contributed by atoms with Crippen molar-refractivity contribution in [1.29, 1.82) is 0 Å². The van der Waals surface area contributed by atoms with Crippen LogP contribution >= 0.6 is 0 Å². The van der Waals surface area contributed by atoms with Crippen molar-refractivity contribution in [3.8, 4) is 0 Å². The number of aliphatic hydroxyl groups excluding tert-OH is 1. The van der Waals surface area contributed by atoms with Crippen LogP contribution in [0, 0.1) is 5.82 Å². The number of carbonyl (C=O) groups is 2. The molecule has 1 fully saturated rings. The van der Waals surface area contributed by atoms with Crippen LogP contribution in [0.1, 0.15) is 45.2 Å². The van der Waals surface area contributed by atoms with E-state index in [-0.39, 0.29) is 30.2 Å². The van der Waals surface area contributed by atoms with E-state index in [1.165, 1.54) is 24.3 Å². The van der Waals surface area contributed by atoms with Crippen molar-refractivity contribution < 1.29 is 19.1 Å². The van der Waals surface area contributed by atoms with Crippen LogP contribution in [0.2, 0.25) is 0 Å². The van der Waals surface area contributed by atoms with Crippen LogP contribution in [0.15, 0.2) is 48.5 Å². The molecule has 0 saturated heterocycles. The van der Waals surface area contributed by atoms with E-state index in [9.17, 15) is 19.1 Å². The molecule has 0 spiro atoms. The fraction of sp³-hybridized carbons (Fsp3) is 0.263. The molecule has 2 aromatic carbocycles. The molecule has 1 aliphatic carbocycles. The minimum atomic E-state index is -0.923. The summed E-state index contributed by atoms with van der Waals surface area (Å²) in [6.45, 7) is 0.00832. The third-order valence-corrected chi connectivity index (χ3v) is 4.03. The molecule has 3 N–H and O–H groups in total. The van der Waals surface area contributed by atoms with E-state index >= 15 is 0 Å². The molecule has 1 atom stereocenters. The van der Waals surface area contributed by atoms with Gasteiger partial charge in [0.05, 0.1) is 6.10 Å². The van der Waals surface area contributed by atoms with Gasteiger partial charge in [-0.25, -0.2) is 4.39 Å². The Morgan fingerprint density at radius 2 is 1.56 bits per heavy atom. The molecule has 0 radical (unpaired) electrons. The maximum atomic E-state index is 12.9. The van der Waals surface area contributed by atoms with Crippen molar-refractivity contribution in [3.63, 3.8) is 0 Å². The average Bonchev–Trinajstić information content (AvgIpc) is 3.44. The van der Waals surface area contributed by atoms with Crippen molar-refractivity contribution in [2.75, 3.05) is 6.54 Å². The zero-order chi connectivity index (χ0) is 17.8. The molecule has 0 aliphatic heterocycles. The van der Waals surface area contributed by atoms with Crippen molar-refractivity contribution >= 4 is 11.8 Å². The maximum Gasteiger partial charge on any atom is 0.251 e. The SMILES string of the molecule is O=C(NCC(O)c1ccc(F)cc1)c1ccc(C(=O)NC2CC2)cc1. The summed E-state index contributed by atoms with van der Waals surface area (Å²) in [6.07, 6.45) is 1.11. The first-order valence-corrected chi connectivity index (χ1v) is 8.15. The van der Waals surface area contributed by atoms with E-state index in [1.54, 1.807) is 24.3 Å². The van der Waals surface area contributed by atoms with Crippen LogP contribution in [-0.2, 0) is 0 Å². The Bertz CT molecular complexity index is 755. The molecule has 2 amide bonds. The monoisotopic (exact) mass is 342 g/mol. The molecule has 5 nitrogen and oxygen atoms in total. The Morgan fingerprint density at radius 1 is 1.00 bits per heavy atom. The molecule has 0 aromatic heterocycles. The molecule has 1 unspecified atom stereocenters. The molecule has 130 valence electrons. The lowest BCUT2D eigenvalue weighted by Crippen LogP contribution is -2.28. The van der Waals surface area contributed by atoms with Crippen molar-refractivity contribution in [2.24, 2.45) is 0 Å². The van der Waals surface area contributed by atoms with Gasteiger partial charge in [0.2, 0.25) is 0 Å². The Hall–Kier alpha value is -2.73. The number of nitrogens with one attached hydrogen (secondary N) is 2. The van der Waals surface area contributed by atoms with Crippen molar-refractivity contribution in [3.05, 3.63) is 71.0 Å². The van der Waals surface area contributed by atoms with Gasteiger partial charge in [-0.05, 0) is 54.8 Å². The molecule has 0 bridgehead atoms. The largest absolute Gasteiger partial charge is 0.387 e. The summed E-state index contributed by atoms with van der Waals surface area (Å²) in [5.41, 5.74) is 1.43. The van der Waals surface area contributed by atoms with Crippen molar-refractivity contribution in [2.45, 2.75) is 25.0 Å². The van der Waals surface area contributed by atoms with Crippen LogP contribution in [0.5, 0.6) is 0 Å². The van der Waals surface area contributed by atoms with Crippen molar-refractivity contribution in [1.82, 2.24) is 10.6 Å². The van der Waals surface area contributed by atoms with Gasteiger partial charge in [-0.3, -0.25) is 9.59 Å². The Morgan fingerprint density at radius 3 is 2.12 bits per heavy atom. The maximum absolute atomic E-state index is 12.9. The van der Waals surface area contributed by atoms with E-state index in [2.05, 4.69) is 10.6 Å². The molecule has 3 rings (SSSR count). The number of benzene rings is 2. The fourth-order valence-corrected chi connectivity index (χ4v) is 2.36. The minimum absolute atomic E-state index is 0.00832. The van der Waals surface area contributed by atoms with Gasteiger partial charge >= 0.3 is 0 Å². The second kappa shape index (κ2) is 7.44. The topological polar surface area (TPSA) is 78.4 Å². The van der Waals surface area contributed by atoms with Gasteiger partial charge in [0.25, 0.3) is 11.8 Å². The summed E-state index contributed by atoms with van der Waals surface area (Å²) < 4.78 is 12.9. The van der Waals surface area contributed by atoms with Gasteiger partial charge in [-0.2, -0.15) is 0 Å². The van der Waals surface area contributed by atoms with E-state index in [1.807, 2.05) is 0 Å². The molecule has 6 heteroatoms. The van der Waals surface area contributed by atoms with Crippen LogP contribution in [-0.4, -0.2) is 29.5 Å². The van der Waals surface area contributed by atoms with Crippen LogP contribution in [0.4, 0.5) is 4.39 Å². The molecular formula is C19H19FN2O3. The number of halogens is 1. The standard InChI is InChI=1S/C19H19FN2O3/c20-15-7-5-12(6-8-15)17(23)11-21-18(24)13-1-3-14(4-2-13)19(25)22-16-9-10-16/h1-8,16-17,23H,9-11H2,(H,21,24)(H,22,25). The first-order valence-electron chi connectivity index (χ1n) is 8.15. The van der Waals surface area contributed by atoms with Gasteiger partial charge in [0, 0.05) is 23.7 Å². The predicted octanol–water partition coefficient (Wildman–Crippen LogP) is 2.18. The summed E-state index contributed by atoms with van der Waals surface area (Å²) >= 11 is 0. The van der Waals surface area contributed by atoms with Gasteiger partial charge in [-0.15, -0.1) is 0 Å². The average molecular weight is 342 g/mol. The Labute approximate surface area is 144 Å². The number of hydrogen-bond acceptors (Lipinski definition) is 3. The lowest BCUT2D eigenvalue weighted by Gasteiger charge is -2.12. The Kier molecular flexibility index (Phi) is 5.09. The van der Waals surface area contributed by atoms with E-state index < -0.39 is 6.10 Å². The summed E-state index contributed by atoms with van der Waals surface area (Å²) in [5.74, 6) is -0.873. The quantitative estimate of drug-likeness (QED) is 0.753. The van der Waals surface area contributed by atoms with Gasteiger partial charge in [-0.1, -0.05) is 12.1 Å². The van der Waals surface area contributed by atoms with E-state index in [0.29, 0.717) is 16.7 Å². The van der Waals surface area contributed by atoms with Crippen LogP contribution < -0.4 is 10.6 Å². The number of aliphatic hydroxyl groups is 1. The minimum Gasteiger partial charge on any atom is -0.387 e. The van der Waals surface area contributed by atoms with Crippen LogP contribution in [0.3, 0.4) is 0 Å². The number of amides is 2. The second-order valence-electron chi connectivity index (χ2n) is 6.10. The zero-order valence-corrected chi connectivity index (χ0v) is 13.5. The third-order valence-electron chi connectivity index (χ3n) is 4.03. The lowest BCUT2D eigenvalue weighted by molar-refractivity contribution is 0.0913. The number of carbonyl (C=O) groups excluding carboxylic acids is 2. The summed E-state index contributed by atoms with van der Waals surface area (Å²) in [4.78, 5) is 24.0. The third kappa shape index (κ3) is 4.64. The molecule has 1 aliphatic rings. The normalized spacial score (nSPS) is 14.6. The molecule has 1 saturated carbocycles. The Balaban J connectivity index is 1.53. The summed E-state index contributed by atoms with van der Waals surface area (Å²) in [5, 5.41) is 15.5. The van der Waals surface area contributed by atoms with E-state index in [4.69, 9.17) is 0 Å². The number of rotatable bonds is 6. The smallest absolute Gasteiger partial charge is 0.251 e. The van der Waals surface area contributed by atoms with Gasteiger partial charge in [0.15, 0.2) is 0 Å². The summed E-state index contributed by atoms with van der Waals surface area (Å²) in [6, 6.07) is 12.1. The molecule has 2 aromatic rings. The zero-order valence-electron chi connectivity index (χ0n) is 13.5. The molecular weight excluding hydrogens is 323 g/mol. The summed E-state index contributed by atoms with van der Waals surface area (Å²) in [7, 11) is 0. The first-order chi connectivity index (χ1) is 12.0. The highest BCUT2D eigenvalue weighted by Gasteiger charge is 2.23.